The van der Waals surface area contributed by atoms with E-state index in [2.05, 4.69) is 31.6 Å². The maximum Gasteiger partial charge on any atom is 0.173 e. The molecule has 1 heterocycles. The molecular weight excluding hydrogens is 634 g/mol. The van der Waals surface area contributed by atoms with Crippen molar-refractivity contribution in [3.63, 3.8) is 0 Å². The van der Waals surface area contributed by atoms with Gasteiger partial charge in [-0.3, -0.25) is 0 Å². The van der Waals surface area contributed by atoms with Gasteiger partial charge in [-0.05, 0) is 102 Å². The molecular formula is C39H55ClF2N2O4. The van der Waals surface area contributed by atoms with E-state index in [9.17, 15) is 4.39 Å². The molecule has 1 atom stereocenters. The van der Waals surface area contributed by atoms with Crippen LogP contribution in [0, 0.1) is 17.6 Å². The van der Waals surface area contributed by atoms with E-state index in [1.54, 1.807) is 24.3 Å². The van der Waals surface area contributed by atoms with Crippen LogP contribution in [-0.4, -0.2) is 44.7 Å². The smallest absolute Gasteiger partial charge is 0.173 e. The summed E-state index contributed by atoms with van der Waals surface area (Å²) in [5.41, 5.74) is 5.99. The summed E-state index contributed by atoms with van der Waals surface area (Å²) in [4.78, 5) is 0. The van der Waals surface area contributed by atoms with E-state index in [-0.39, 0.29) is 27.6 Å². The maximum atomic E-state index is 15.5. The molecule has 1 unspecified atom stereocenters. The van der Waals surface area contributed by atoms with Crippen LogP contribution in [-0.2, 0) is 11.2 Å². The largest absolute Gasteiger partial charge is 0.491 e. The summed E-state index contributed by atoms with van der Waals surface area (Å²) in [5, 5.41) is 11.8. The Kier molecular flexibility index (Phi) is 19.4. The zero-order valence-corrected chi connectivity index (χ0v) is 30.1. The molecule has 0 aromatic heterocycles. The second kappa shape index (κ2) is 22.6. The first-order valence-corrected chi connectivity index (χ1v) is 17.5. The van der Waals surface area contributed by atoms with Crippen LogP contribution >= 0.6 is 11.6 Å². The van der Waals surface area contributed by atoms with E-state index >= 15 is 4.39 Å². The topological polar surface area (TPSA) is 86.0 Å². The Bertz CT molecular complexity index is 1360. The summed E-state index contributed by atoms with van der Waals surface area (Å²) in [7, 11) is 3.57. The Hall–Kier alpha value is -3.01. The molecule has 1 aliphatic carbocycles. The second-order valence-corrected chi connectivity index (χ2v) is 12.1. The van der Waals surface area contributed by atoms with E-state index in [0.717, 1.165) is 44.2 Å². The summed E-state index contributed by atoms with van der Waals surface area (Å²) in [6.45, 7) is 11.0. The van der Waals surface area contributed by atoms with Gasteiger partial charge in [-0.15, -0.1) is 0 Å². The van der Waals surface area contributed by atoms with Crippen LogP contribution in [0.25, 0.3) is 17.2 Å². The van der Waals surface area contributed by atoms with Crippen molar-refractivity contribution in [2.75, 3.05) is 27.3 Å². The highest BCUT2D eigenvalue weighted by molar-refractivity contribution is 6.34. The Morgan fingerprint density at radius 1 is 1.00 bits per heavy atom. The number of aliphatic hydroxyl groups excluding tert-OH is 1. The second-order valence-electron chi connectivity index (χ2n) is 11.8. The standard InChI is InChI=1S/C25H23ClF2O2.C8H17N.C5H10O2.CH5N/c1-4-14-29-20-13-12-16(5-2)22(25(20)28)23-18(6-3)21(15-19(27)24(23)26)30-17-10-8-7-9-11-17;1-7-3-5-8(9-2)6-4-7;6-5-3-1-2-4-7-5;1-2/h5,7-13,15H,2,4,6,14H2,1,3H3;7-9H,3-6H2,1-2H3;5-6H,1-4H2;2H2,1H3. The summed E-state index contributed by atoms with van der Waals surface area (Å²) in [5.74, 6) is 0.608. The Morgan fingerprint density at radius 3 is 2.21 bits per heavy atom. The number of halogens is 3. The van der Waals surface area contributed by atoms with Gasteiger partial charge >= 0.3 is 0 Å². The minimum absolute atomic E-state index is 0.0883. The zero-order chi connectivity index (χ0) is 35.5. The van der Waals surface area contributed by atoms with Crippen molar-refractivity contribution in [3.05, 3.63) is 82.9 Å². The minimum Gasteiger partial charge on any atom is -0.491 e. The van der Waals surface area contributed by atoms with Crippen LogP contribution in [0.5, 0.6) is 17.2 Å². The van der Waals surface area contributed by atoms with Crippen LogP contribution in [0.3, 0.4) is 0 Å². The molecule has 48 heavy (non-hydrogen) atoms. The molecule has 0 bridgehead atoms. The molecule has 4 N–H and O–H groups in total. The third-order valence-corrected chi connectivity index (χ3v) is 8.63. The summed E-state index contributed by atoms with van der Waals surface area (Å²) < 4.78 is 46.6. The molecule has 0 radical (unpaired) electrons. The van der Waals surface area contributed by atoms with Gasteiger partial charge in [0, 0.05) is 35.4 Å². The Morgan fingerprint density at radius 2 is 1.69 bits per heavy atom. The molecule has 3 aromatic rings. The maximum absolute atomic E-state index is 15.5. The van der Waals surface area contributed by atoms with E-state index < -0.39 is 17.9 Å². The fourth-order valence-corrected chi connectivity index (χ4v) is 5.81. The molecule has 0 spiro atoms. The van der Waals surface area contributed by atoms with Crippen molar-refractivity contribution in [1.29, 1.82) is 0 Å². The Labute approximate surface area is 291 Å². The highest BCUT2D eigenvalue weighted by Crippen LogP contribution is 2.44. The molecule has 6 nitrogen and oxygen atoms in total. The van der Waals surface area contributed by atoms with E-state index in [0.29, 0.717) is 29.9 Å². The number of aliphatic hydroxyl groups is 1. The van der Waals surface area contributed by atoms with Gasteiger partial charge < -0.3 is 30.4 Å². The molecule has 5 rings (SSSR count). The number of ether oxygens (including phenoxy) is 3. The predicted molar refractivity (Wildman–Crippen MR) is 195 cm³/mol. The Balaban J connectivity index is 0.000000359. The van der Waals surface area contributed by atoms with Gasteiger partial charge in [-0.1, -0.05) is 69.3 Å². The van der Waals surface area contributed by atoms with Crippen LogP contribution < -0.4 is 20.5 Å². The van der Waals surface area contributed by atoms with E-state index in [1.807, 2.05) is 32.0 Å². The molecule has 3 aromatic carbocycles. The molecule has 0 amide bonds. The highest BCUT2D eigenvalue weighted by atomic mass is 35.5. The first-order valence-electron chi connectivity index (χ1n) is 17.1. The average molecular weight is 689 g/mol. The predicted octanol–water partition coefficient (Wildman–Crippen LogP) is 9.94. The molecule has 1 saturated heterocycles. The van der Waals surface area contributed by atoms with Gasteiger partial charge in [-0.25, -0.2) is 8.78 Å². The summed E-state index contributed by atoms with van der Waals surface area (Å²) in [6.07, 6.45) is 10.9. The number of nitrogens with two attached hydrogens (primary N) is 1. The van der Waals surface area contributed by atoms with Crippen molar-refractivity contribution in [1.82, 2.24) is 5.32 Å². The van der Waals surface area contributed by atoms with Crippen molar-refractivity contribution < 1.29 is 28.1 Å². The van der Waals surface area contributed by atoms with Gasteiger partial charge in [0.2, 0.25) is 0 Å². The highest BCUT2D eigenvalue weighted by Gasteiger charge is 2.25. The van der Waals surface area contributed by atoms with Crippen LogP contribution in [0.15, 0.2) is 55.1 Å². The number of benzene rings is 3. The van der Waals surface area contributed by atoms with Crippen LogP contribution in [0.1, 0.15) is 83.3 Å². The van der Waals surface area contributed by atoms with Crippen molar-refractivity contribution in [3.8, 4) is 28.4 Å². The minimum atomic E-state index is -0.691. The lowest BCUT2D eigenvalue weighted by Gasteiger charge is -2.25. The van der Waals surface area contributed by atoms with E-state index in [4.69, 9.17) is 30.9 Å². The third-order valence-electron chi connectivity index (χ3n) is 8.26. The molecule has 9 heteroatoms. The van der Waals surface area contributed by atoms with Crippen molar-refractivity contribution in [2.24, 2.45) is 11.7 Å². The molecule has 2 fully saturated rings. The molecule has 266 valence electrons. The first-order chi connectivity index (χ1) is 23.2. The molecule has 2 aliphatic rings. The van der Waals surface area contributed by atoms with Gasteiger partial charge in [0.25, 0.3) is 0 Å². The number of rotatable bonds is 9. The van der Waals surface area contributed by atoms with Gasteiger partial charge in [0.15, 0.2) is 17.9 Å². The third kappa shape index (κ3) is 12.5. The lowest BCUT2D eigenvalue weighted by Crippen LogP contribution is -2.29. The summed E-state index contributed by atoms with van der Waals surface area (Å²) >= 11 is 6.37. The van der Waals surface area contributed by atoms with Gasteiger partial charge in [-0.2, -0.15) is 0 Å². The van der Waals surface area contributed by atoms with E-state index in [1.165, 1.54) is 44.9 Å². The number of hydrogen-bond acceptors (Lipinski definition) is 6. The van der Waals surface area contributed by atoms with Gasteiger partial charge in [0.1, 0.15) is 17.3 Å². The quantitative estimate of drug-likeness (QED) is 0.208. The lowest BCUT2D eigenvalue weighted by molar-refractivity contribution is -0.123. The number of hydrogen-bond donors (Lipinski definition) is 3. The molecule has 1 aliphatic heterocycles. The zero-order valence-electron chi connectivity index (χ0n) is 29.3. The number of para-hydroxylation sites is 1. The van der Waals surface area contributed by atoms with Crippen LogP contribution in [0.4, 0.5) is 8.78 Å². The fraction of sp³-hybridized carbons (Fsp3) is 0.487. The fourth-order valence-electron chi connectivity index (χ4n) is 5.55. The van der Waals surface area contributed by atoms with Gasteiger partial charge in [0.05, 0.1) is 11.6 Å². The first kappa shape index (κ1) is 41.2. The van der Waals surface area contributed by atoms with Crippen molar-refractivity contribution >= 4 is 17.7 Å². The monoisotopic (exact) mass is 688 g/mol. The van der Waals surface area contributed by atoms with Crippen LogP contribution in [0.2, 0.25) is 5.02 Å². The molecule has 1 saturated carbocycles. The number of nitrogens with one attached hydrogen (secondary N) is 1. The summed E-state index contributed by atoms with van der Waals surface area (Å²) in [6, 6.07) is 14.3. The average Bonchev–Trinajstić information content (AvgIpc) is 3.12. The SMILES string of the molecule is C=Cc1ccc(OCCC)c(F)c1-c1c(Cl)c(F)cc(Oc2ccccc2)c1CC.CN.CNC1CCC(C)CC1.OC1CCCCO1. The normalized spacial score (nSPS) is 18.5. The lowest BCUT2D eigenvalue weighted by atomic mass is 9.87. The van der Waals surface area contributed by atoms with Crippen molar-refractivity contribution in [2.45, 2.75) is 90.9 Å².